The highest BCUT2D eigenvalue weighted by Gasteiger charge is 2.26. The average Bonchev–Trinajstić information content (AvgIpc) is 3.05. The summed E-state index contributed by atoms with van der Waals surface area (Å²) < 4.78 is 12.0. The number of benzene rings is 1. The van der Waals surface area contributed by atoms with E-state index in [2.05, 4.69) is 10.1 Å². The van der Waals surface area contributed by atoms with Crippen molar-refractivity contribution in [1.82, 2.24) is 14.5 Å². The highest BCUT2D eigenvalue weighted by molar-refractivity contribution is 6.42. The number of fused-ring (bicyclic) bond motifs is 1. The van der Waals surface area contributed by atoms with Crippen molar-refractivity contribution in [3.05, 3.63) is 30.1 Å². The first-order valence-electron chi connectivity index (χ1n) is 8.75. The standard InChI is InChI=1S/C18H22N4O5/c1-3-27-18(24)16(20-25-2)17-19-13-6-4-5-7-14(13)22(17)12-15(23)21-8-10-26-11-9-21/h4-7H,3,8-12H2,1-2H3/b20-16+. The number of hydrogen-bond donors (Lipinski definition) is 0. The molecule has 0 N–H and O–H groups in total. The van der Waals surface area contributed by atoms with Gasteiger partial charge in [-0.15, -0.1) is 0 Å². The van der Waals surface area contributed by atoms with Crippen LogP contribution in [0.2, 0.25) is 0 Å². The molecule has 0 radical (unpaired) electrons. The van der Waals surface area contributed by atoms with Gasteiger partial charge in [0.25, 0.3) is 0 Å². The van der Waals surface area contributed by atoms with Crippen LogP contribution in [0.1, 0.15) is 12.7 Å². The predicted molar refractivity (Wildman–Crippen MR) is 97.3 cm³/mol. The molecule has 2 heterocycles. The Morgan fingerprint density at radius 2 is 2.00 bits per heavy atom. The first-order chi connectivity index (χ1) is 13.2. The number of carbonyl (C=O) groups excluding carboxylic acids is 2. The van der Waals surface area contributed by atoms with Crippen LogP contribution in [0.3, 0.4) is 0 Å². The van der Waals surface area contributed by atoms with Crippen molar-refractivity contribution in [3.8, 4) is 0 Å². The Hall–Kier alpha value is -2.94. The topological polar surface area (TPSA) is 95.2 Å². The van der Waals surface area contributed by atoms with Crippen LogP contribution < -0.4 is 0 Å². The summed E-state index contributed by atoms with van der Waals surface area (Å²) in [6.07, 6.45) is 0. The van der Waals surface area contributed by atoms with Crippen molar-refractivity contribution >= 4 is 28.6 Å². The summed E-state index contributed by atoms with van der Waals surface area (Å²) in [6.45, 7) is 4.03. The second kappa shape index (κ2) is 8.63. The average molecular weight is 374 g/mol. The number of para-hydroxylation sites is 2. The monoisotopic (exact) mass is 374 g/mol. The molecule has 0 atom stereocenters. The lowest BCUT2D eigenvalue weighted by molar-refractivity contribution is -0.136. The number of imidazole rings is 1. The maximum absolute atomic E-state index is 12.8. The Labute approximate surface area is 156 Å². The van der Waals surface area contributed by atoms with Gasteiger partial charge in [0.1, 0.15) is 13.7 Å². The smallest absolute Gasteiger partial charge is 0.364 e. The van der Waals surface area contributed by atoms with Gasteiger partial charge in [-0.1, -0.05) is 17.3 Å². The van der Waals surface area contributed by atoms with E-state index in [1.54, 1.807) is 16.4 Å². The fraction of sp³-hybridized carbons (Fsp3) is 0.444. The van der Waals surface area contributed by atoms with Crippen molar-refractivity contribution < 1.29 is 23.9 Å². The van der Waals surface area contributed by atoms with Gasteiger partial charge >= 0.3 is 5.97 Å². The molecular weight excluding hydrogens is 352 g/mol. The van der Waals surface area contributed by atoms with Gasteiger partial charge in [-0.2, -0.15) is 0 Å². The summed E-state index contributed by atoms with van der Waals surface area (Å²) in [7, 11) is 1.34. The van der Waals surface area contributed by atoms with Crippen molar-refractivity contribution in [2.45, 2.75) is 13.5 Å². The number of hydrogen-bond acceptors (Lipinski definition) is 7. The molecule has 9 heteroatoms. The minimum atomic E-state index is -0.658. The Morgan fingerprint density at radius 1 is 1.26 bits per heavy atom. The lowest BCUT2D eigenvalue weighted by atomic mass is 10.3. The van der Waals surface area contributed by atoms with Crippen LogP contribution in [0.5, 0.6) is 0 Å². The maximum Gasteiger partial charge on any atom is 0.364 e. The second-order valence-corrected chi connectivity index (χ2v) is 5.85. The number of nitrogens with zero attached hydrogens (tertiary/aromatic N) is 4. The number of rotatable bonds is 6. The molecule has 2 aromatic rings. The van der Waals surface area contributed by atoms with E-state index in [1.165, 1.54) is 7.11 Å². The van der Waals surface area contributed by atoms with Crippen LogP contribution in [0.25, 0.3) is 11.0 Å². The quantitative estimate of drug-likeness (QED) is 0.422. The van der Waals surface area contributed by atoms with Crippen LogP contribution in [0.4, 0.5) is 0 Å². The molecule has 1 amide bonds. The molecule has 1 aliphatic rings. The van der Waals surface area contributed by atoms with Gasteiger partial charge in [-0.3, -0.25) is 4.79 Å². The van der Waals surface area contributed by atoms with E-state index in [1.807, 2.05) is 24.3 Å². The van der Waals surface area contributed by atoms with Crippen LogP contribution in [-0.4, -0.2) is 72.1 Å². The van der Waals surface area contributed by atoms with Crippen LogP contribution in [0.15, 0.2) is 29.4 Å². The van der Waals surface area contributed by atoms with Gasteiger partial charge in [-0.05, 0) is 19.1 Å². The Kier molecular flexibility index (Phi) is 6.02. The lowest BCUT2D eigenvalue weighted by Crippen LogP contribution is -2.42. The summed E-state index contributed by atoms with van der Waals surface area (Å²) in [5.74, 6) is -0.504. The number of carbonyl (C=O) groups is 2. The number of oxime groups is 1. The third-order valence-corrected chi connectivity index (χ3v) is 4.17. The molecule has 1 aromatic heterocycles. The molecule has 9 nitrogen and oxygen atoms in total. The fourth-order valence-corrected chi connectivity index (χ4v) is 2.92. The fourth-order valence-electron chi connectivity index (χ4n) is 2.92. The minimum absolute atomic E-state index is 0.0258. The number of ether oxygens (including phenoxy) is 2. The van der Waals surface area contributed by atoms with Gasteiger partial charge in [-0.25, -0.2) is 9.78 Å². The third kappa shape index (κ3) is 4.08. The number of amides is 1. The van der Waals surface area contributed by atoms with Crippen molar-refractivity contribution in [1.29, 1.82) is 0 Å². The highest BCUT2D eigenvalue weighted by atomic mass is 16.6. The van der Waals surface area contributed by atoms with E-state index in [-0.39, 0.29) is 30.6 Å². The SMILES string of the molecule is CCOC(=O)/C(=N/OC)c1nc2ccccc2n1CC(=O)N1CCOCC1. The van der Waals surface area contributed by atoms with E-state index >= 15 is 0 Å². The normalized spacial score (nSPS) is 15.0. The van der Waals surface area contributed by atoms with Gasteiger partial charge in [0, 0.05) is 13.1 Å². The van der Waals surface area contributed by atoms with Gasteiger partial charge in [0.15, 0.2) is 5.82 Å². The van der Waals surface area contributed by atoms with E-state index < -0.39 is 5.97 Å². The van der Waals surface area contributed by atoms with Gasteiger partial charge < -0.3 is 23.8 Å². The Balaban J connectivity index is 2.01. The molecule has 0 unspecified atom stereocenters. The zero-order valence-corrected chi connectivity index (χ0v) is 15.4. The minimum Gasteiger partial charge on any atom is -0.461 e. The largest absolute Gasteiger partial charge is 0.461 e. The van der Waals surface area contributed by atoms with Crippen molar-refractivity contribution in [3.63, 3.8) is 0 Å². The lowest BCUT2D eigenvalue weighted by Gasteiger charge is -2.27. The first-order valence-corrected chi connectivity index (χ1v) is 8.75. The molecule has 0 aliphatic carbocycles. The molecule has 27 heavy (non-hydrogen) atoms. The summed E-state index contributed by atoms with van der Waals surface area (Å²) >= 11 is 0. The molecule has 0 bridgehead atoms. The van der Waals surface area contributed by atoms with Gasteiger partial charge in [0.05, 0.1) is 30.9 Å². The van der Waals surface area contributed by atoms with E-state index in [9.17, 15) is 9.59 Å². The molecule has 1 saturated heterocycles. The van der Waals surface area contributed by atoms with E-state index in [0.717, 1.165) is 5.52 Å². The number of esters is 1. The van der Waals surface area contributed by atoms with Crippen molar-refractivity contribution in [2.24, 2.45) is 5.16 Å². The summed E-state index contributed by atoms with van der Waals surface area (Å²) in [4.78, 5) is 36.2. The summed E-state index contributed by atoms with van der Waals surface area (Å²) in [5.41, 5.74) is 1.29. The maximum atomic E-state index is 12.8. The zero-order valence-electron chi connectivity index (χ0n) is 15.4. The Morgan fingerprint density at radius 3 is 2.70 bits per heavy atom. The molecule has 3 rings (SSSR count). The highest BCUT2D eigenvalue weighted by Crippen LogP contribution is 2.18. The van der Waals surface area contributed by atoms with Crippen LogP contribution in [0, 0.1) is 0 Å². The molecule has 1 aliphatic heterocycles. The molecule has 0 spiro atoms. The second-order valence-electron chi connectivity index (χ2n) is 5.85. The molecule has 144 valence electrons. The molecule has 1 aromatic carbocycles. The zero-order chi connectivity index (χ0) is 19.2. The summed E-state index contributed by atoms with van der Waals surface area (Å²) in [6, 6.07) is 7.34. The number of morpholine rings is 1. The van der Waals surface area contributed by atoms with E-state index in [4.69, 9.17) is 14.3 Å². The van der Waals surface area contributed by atoms with Crippen LogP contribution >= 0.6 is 0 Å². The summed E-state index contributed by atoms with van der Waals surface area (Å²) in [5, 5.41) is 3.80. The van der Waals surface area contributed by atoms with Crippen LogP contribution in [-0.2, 0) is 30.4 Å². The first kappa shape index (κ1) is 18.8. The Bertz CT molecular complexity index is 855. The van der Waals surface area contributed by atoms with Crippen molar-refractivity contribution in [2.75, 3.05) is 40.0 Å². The van der Waals surface area contributed by atoms with Gasteiger partial charge in [0.2, 0.25) is 11.6 Å². The molecule has 0 saturated carbocycles. The third-order valence-electron chi connectivity index (χ3n) is 4.17. The van der Waals surface area contributed by atoms with E-state index in [0.29, 0.717) is 31.8 Å². The number of aromatic nitrogens is 2. The molecular formula is C18H22N4O5. The molecule has 1 fully saturated rings. The predicted octanol–water partition coefficient (Wildman–Crippen LogP) is 0.809.